The Kier molecular flexibility index (Phi) is 4.13. The summed E-state index contributed by atoms with van der Waals surface area (Å²) in [7, 11) is 0. The quantitative estimate of drug-likeness (QED) is 0.349. The van der Waals surface area contributed by atoms with Crippen molar-refractivity contribution in [3.8, 4) is 0 Å². The summed E-state index contributed by atoms with van der Waals surface area (Å²) in [6, 6.07) is 0. The van der Waals surface area contributed by atoms with Crippen LogP contribution in [0.25, 0.3) is 0 Å². The zero-order valence-electron chi connectivity index (χ0n) is 5.09. The van der Waals surface area contributed by atoms with Crippen molar-refractivity contribution in [2.24, 2.45) is 0 Å². The van der Waals surface area contributed by atoms with Gasteiger partial charge >= 0.3 is 5.97 Å². The molecule has 0 radical (unpaired) electrons. The summed E-state index contributed by atoms with van der Waals surface area (Å²) in [5.41, 5.74) is 0. The summed E-state index contributed by atoms with van der Waals surface area (Å²) in [4.78, 5) is 20.7. The first-order chi connectivity index (χ1) is 4.22. The first kappa shape index (κ1) is 8.49. The Morgan fingerprint density at radius 1 is 1.56 bits per heavy atom. The summed E-state index contributed by atoms with van der Waals surface area (Å²) in [5, 5.41) is 0. The van der Waals surface area contributed by atoms with Gasteiger partial charge in [-0.2, -0.15) is 12.6 Å². The number of Topliss-reactive ketones (excluding diaryl/α,β-unsaturated/α-hetero) is 1. The third-order valence-corrected chi connectivity index (χ3v) is 0.934. The number of hydrogen-bond acceptors (Lipinski definition) is 4. The fourth-order valence-electron chi connectivity index (χ4n) is 0.276. The van der Waals surface area contributed by atoms with Crippen LogP contribution < -0.4 is 0 Å². The number of thiol groups is 1. The Morgan fingerprint density at radius 2 is 2.11 bits per heavy atom. The van der Waals surface area contributed by atoms with E-state index in [1.54, 1.807) is 6.92 Å². The van der Waals surface area contributed by atoms with Crippen LogP contribution in [0.15, 0.2) is 0 Å². The molecule has 52 valence electrons. The van der Waals surface area contributed by atoms with E-state index >= 15 is 0 Å². The van der Waals surface area contributed by atoms with E-state index in [2.05, 4.69) is 17.4 Å². The molecule has 0 aliphatic carbocycles. The Hall–Kier alpha value is -0.510. The molecule has 0 rings (SSSR count). The average Bonchev–Trinajstić information content (AvgIpc) is 1.87. The van der Waals surface area contributed by atoms with Gasteiger partial charge in [0.25, 0.3) is 0 Å². The Balaban J connectivity index is 3.60. The van der Waals surface area contributed by atoms with E-state index in [4.69, 9.17) is 0 Å². The van der Waals surface area contributed by atoms with Crippen LogP contribution in [0.5, 0.6) is 0 Å². The van der Waals surface area contributed by atoms with E-state index in [1.807, 2.05) is 0 Å². The summed E-state index contributed by atoms with van der Waals surface area (Å²) in [6.07, 6.45) is 0. The van der Waals surface area contributed by atoms with Gasteiger partial charge in [-0.25, -0.2) is 4.79 Å². The molecule has 0 aromatic heterocycles. The molecule has 0 atom stereocenters. The topological polar surface area (TPSA) is 43.4 Å². The number of rotatable bonds is 3. The van der Waals surface area contributed by atoms with E-state index in [0.29, 0.717) is 0 Å². The molecule has 0 aliphatic rings. The highest BCUT2D eigenvalue weighted by molar-refractivity contribution is 7.81. The molecule has 0 spiro atoms. The zero-order valence-corrected chi connectivity index (χ0v) is 5.98. The van der Waals surface area contributed by atoms with Crippen molar-refractivity contribution < 1.29 is 14.3 Å². The molecule has 0 aromatic carbocycles. The van der Waals surface area contributed by atoms with Crippen LogP contribution in [0, 0.1) is 0 Å². The summed E-state index contributed by atoms with van der Waals surface area (Å²) >= 11 is 3.60. The highest BCUT2D eigenvalue weighted by atomic mass is 32.1. The maximum absolute atomic E-state index is 10.4. The molecule has 4 heteroatoms. The number of ketones is 1. The molecule has 0 fully saturated rings. The molecule has 0 aliphatic heterocycles. The SMILES string of the molecule is CCOC(=O)C(=O)CS. The van der Waals surface area contributed by atoms with E-state index in [1.165, 1.54) is 0 Å². The third-order valence-electron chi connectivity index (χ3n) is 0.647. The van der Waals surface area contributed by atoms with Gasteiger partial charge < -0.3 is 4.74 Å². The molecule has 0 saturated heterocycles. The predicted molar refractivity (Wildman–Crippen MR) is 35.5 cm³/mol. The monoisotopic (exact) mass is 148 g/mol. The van der Waals surface area contributed by atoms with Gasteiger partial charge in [0.2, 0.25) is 5.78 Å². The van der Waals surface area contributed by atoms with Crippen LogP contribution in [-0.4, -0.2) is 24.1 Å². The second kappa shape index (κ2) is 4.38. The maximum atomic E-state index is 10.4. The second-order valence-corrected chi connectivity index (χ2v) is 1.62. The molecular formula is C5H8O3S. The molecule has 0 bridgehead atoms. The molecular weight excluding hydrogens is 140 g/mol. The van der Waals surface area contributed by atoms with Crippen molar-refractivity contribution in [1.29, 1.82) is 0 Å². The number of ether oxygens (including phenoxy) is 1. The Morgan fingerprint density at radius 3 is 2.44 bits per heavy atom. The van der Waals surface area contributed by atoms with Crippen molar-refractivity contribution >= 4 is 24.4 Å². The Labute approximate surface area is 58.8 Å². The van der Waals surface area contributed by atoms with Crippen LogP contribution >= 0.6 is 12.6 Å². The standard InChI is InChI=1S/C5H8O3S/c1-2-8-5(7)4(6)3-9/h9H,2-3H2,1H3. The van der Waals surface area contributed by atoms with Crippen LogP contribution in [0.4, 0.5) is 0 Å². The van der Waals surface area contributed by atoms with Crippen LogP contribution in [0.3, 0.4) is 0 Å². The molecule has 0 heterocycles. The van der Waals surface area contributed by atoms with Crippen LogP contribution in [-0.2, 0) is 14.3 Å². The lowest BCUT2D eigenvalue weighted by molar-refractivity contribution is -0.152. The average molecular weight is 148 g/mol. The van der Waals surface area contributed by atoms with Crippen molar-refractivity contribution in [1.82, 2.24) is 0 Å². The van der Waals surface area contributed by atoms with Gasteiger partial charge in [0, 0.05) is 0 Å². The van der Waals surface area contributed by atoms with Crippen LogP contribution in [0.1, 0.15) is 6.92 Å². The van der Waals surface area contributed by atoms with Crippen molar-refractivity contribution in [2.75, 3.05) is 12.4 Å². The van der Waals surface area contributed by atoms with E-state index in [-0.39, 0.29) is 12.4 Å². The van der Waals surface area contributed by atoms with Crippen molar-refractivity contribution in [3.63, 3.8) is 0 Å². The minimum Gasteiger partial charge on any atom is -0.460 e. The smallest absolute Gasteiger partial charge is 0.375 e. The van der Waals surface area contributed by atoms with Gasteiger partial charge in [0.1, 0.15) is 0 Å². The van der Waals surface area contributed by atoms with E-state index < -0.39 is 11.8 Å². The maximum Gasteiger partial charge on any atom is 0.375 e. The number of carbonyl (C=O) groups is 2. The molecule has 0 N–H and O–H groups in total. The lowest BCUT2D eigenvalue weighted by Gasteiger charge is -1.95. The van der Waals surface area contributed by atoms with E-state index in [9.17, 15) is 9.59 Å². The molecule has 0 saturated carbocycles. The summed E-state index contributed by atoms with van der Waals surface area (Å²) in [6.45, 7) is 1.88. The highest BCUT2D eigenvalue weighted by Gasteiger charge is 2.10. The minimum absolute atomic E-state index is 0.0845. The van der Waals surface area contributed by atoms with Gasteiger partial charge in [-0.3, -0.25) is 4.79 Å². The third kappa shape index (κ3) is 3.13. The lowest BCUT2D eigenvalue weighted by atomic mass is 10.5. The van der Waals surface area contributed by atoms with Gasteiger partial charge in [-0.1, -0.05) is 0 Å². The summed E-state index contributed by atoms with van der Waals surface area (Å²) in [5.74, 6) is -1.48. The van der Waals surface area contributed by atoms with Gasteiger partial charge in [-0.15, -0.1) is 0 Å². The van der Waals surface area contributed by atoms with Crippen molar-refractivity contribution in [3.05, 3.63) is 0 Å². The number of carbonyl (C=O) groups excluding carboxylic acids is 2. The molecule has 0 amide bonds. The highest BCUT2D eigenvalue weighted by Crippen LogP contribution is 1.83. The fourth-order valence-corrected chi connectivity index (χ4v) is 0.405. The zero-order chi connectivity index (χ0) is 7.28. The van der Waals surface area contributed by atoms with E-state index in [0.717, 1.165) is 0 Å². The largest absolute Gasteiger partial charge is 0.460 e. The number of hydrogen-bond donors (Lipinski definition) is 1. The first-order valence-corrected chi connectivity index (χ1v) is 3.16. The van der Waals surface area contributed by atoms with Gasteiger partial charge in [0.15, 0.2) is 0 Å². The number of esters is 1. The fraction of sp³-hybridized carbons (Fsp3) is 0.600. The predicted octanol–water partition coefficient (Wildman–Crippen LogP) is 0.0484. The molecule has 0 unspecified atom stereocenters. The molecule has 9 heavy (non-hydrogen) atoms. The molecule has 0 aromatic rings. The lowest BCUT2D eigenvalue weighted by Crippen LogP contribution is -2.18. The molecule has 3 nitrogen and oxygen atoms in total. The normalized spacial score (nSPS) is 8.67. The Bertz CT molecular complexity index is 121. The summed E-state index contributed by atoms with van der Waals surface area (Å²) < 4.78 is 4.36. The van der Waals surface area contributed by atoms with Crippen molar-refractivity contribution in [2.45, 2.75) is 6.92 Å². The minimum atomic E-state index is -0.799. The van der Waals surface area contributed by atoms with Crippen LogP contribution in [0.2, 0.25) is 0 Å². The van der Waals surface area contributed by atoms with Gasteiger partial charge in [-0.05, 0) is 6.92 Å². The second-order valence-electron chi connectivity index (χ2n) is 1.30. The van der Waals surface area contributed by atoms with Gasteiger partial charge in [0.05, 0.1) is 12.4 Å². The first-order valence-electron chi connectivity index (χ1n) is 2.53.